The molecule has 0 aromatic rings. The molecule has 100 valence electrons. The normalized spacial score (nSPS) is 29.0. The van der Waals surface area contributed by atoms with Crippen LogP contribution >= 0.6 is 0 Å². The van der Waals surface area contributed by atoms with Gasteiger partial charge in [0.2, 0.25) is 5.91 Å². The number of hydrogen-bond acceptors (Lipinski definition) is 3. The van der Waals surface area contributed by atoms with Crippen LogP contribution in [0.1, 0.15) is 46.0 Å². The minimum atomic E-state index is -0.412. The molecule has 0 aliphatic heterocycles. The quantitative estimate of drug-likeness (QED) is 0.695. The standard InChI is InChI=1S/C13H25NO3/c1-3-7-17-9-12(16)14-13(10-15)6-4-5-11(2)8-13/h11,15H,3-10H2,1-2H3,(H,14,16). The van der Waals surface area contributed by atoms with E-state index in [9.17, 15) is 9.90 Å². The molecule has 1 fully saturated rings. The topological polar surface area (TPSA) is 58.6 Å². The van der Waals surface area contributed by atoms with Crippen molar-refractivity contribution < 1.29 is 14.6 Å². The highest BCUT2D eigenvalue weighted by atomic mass is 16.5. The van der Waals surface area contributed by atoms with Gasteiger partial charge >= 0.3 is 0 Å². The largest absolute Gasteiger partial charge is 0.394 e. The summed E-state index contributed by atoms with van der Waals surface area (Å²) in [5, 5.41) is 12.5. The summed E-state index contributed by atoms with van der Waals surface area (Å²) in [4.78, 5) is 11.7. The smallest absolute Gasteiger partial charge is 0.246 e. The van der Waals surface area contributed by atoms with Crippen LogP contribution in [-0.2, 0) is 9.53 Å². The van der Waals surface area contributed by atoms with Crippen molar-refractivity contribution in [3.05, 3.63) is 0 Å². The van der Waals surface area contributed by atoms with E-state index < -0.39 is 5.54 Å². The van der Waals surface area contributed by atoms with E-state index in [-0.39, 0.29) is 19.1 Å². The molecule has 0 aromatic heterocycles. The molecule has 4 heteroatoms. The van der Waals surface area contributed by atoms with Crippen LogP contribution in [-0.4, -0.2) is 36.4 Å². The number of amides is 1. The molecule has 0 radical (unpaired) electrons. The van der Waals surface area contributed by atoms with Gasteiger partial charge in [-0.15, -0.1) is 0 Å². The lowest BCUT2D eigenvalue weighted by Crippen LogP contribution is -2.54. The monoisotopic (exact) mass is 243 g/mol. The van der Waals surface area contributed by atoms with Crippen molar-refractivity contribution in [1.82, 2.24) is 5.32 Å². The molecule has 0 aromatic carbocycles. The van der Waals surface area contributed by atoms with Gasteiger partial charge in [0.25, 0.3) is 0 Å². The summed E-state index contributed by atoms with van der Waals surface area (Å²) in [7, 11) is 0. The van der Waals surface area contributed by atoms with Gasteiger partial charge in [-0.1, -0.05) is 26.7 Å². The maximum atomic E-state index is 11.7. The van der Waals surface area contributed by atoms with Crippen molar-refractivity contribution in [3.63, 3.8) is 0 Å². The number of ether oxygens (including phenoxy) is 1. The van der Waals surface area contributed by atoms with E-state index in [1.54, 1.807) is 0 Å². The van der Waals surface area contributed by atoms with Crippen molar-refractivity contribution in [2.45, 2.75) is 51.5 Å². The molecule has 1 aliphatic carbocycles. The molecule has 2 unspecified atom stereocenters. The zero-order chi connectivity index (χ0) is 12.7. The fourth-order valence-electron chi connectivity index (χ4n) is 2.60. The van der Waals surface area contributed by atoms with Crippen molar-refractivity contribution in [1.29, 1.82) is 0 Å². The predicted octanol–water partition coefficient (Wildman–Crippen LogP) is 1.47. The van der Waals surface area contributed by atoms with E-state index in [2.05, 4.69) is 12.2 Å². The van der Waals surface area contributed by atoms with E-state index in [0.29, 0.717) is 12.5 Å². The van der Waals surface area contributed by atoms with Gasteiger partial charge in [-0.2, -0.15) is 0 Å². The first-order chi connectivity index (χ1) is 8.12. The molecule has 2 atom stereocenters. The number of aliphatic hydroxyl groups is 1. The maximum absolute atomic E-state index is 11.7. The van der Waals surface area contributed by atoms with Gasteiger partial charge in [0.15, 0.2) is 0 Å². The molecule has 2 N–H and O–H groups in total. The number of nitrogens with one attached hydrogen (secondary N) is 1. The van der Waals surface area contributed by atoms with Crippen molar-refractivity contribution >= 4 is 5.91 Å². The summed E-state index contributed by atoms with van der Waals surface area (Å²) in [5.41, 5.74) is -0.412. The lowest BCUT2D eigenvalue weighted by atomic mass is 9.77. The van der Waals surface area contributed by atoms with Gasteiger partial charge in [0, 0.05) is 6.61 Å². The highest BCUT2D eigenvalue weighted by Gasteiger charge is 2.35. The Morgan fingerprint density at radius 2 is 2.35 bits per heavy atom. The minimum Gasteiger partial charge on any atom is -0.394 e. The fraction of sp³-hybridized carbons (Fsp3) is 0.923. The van der Waals surface area contributed by atoms with E-state index in [1.165, 1.54) is 6.42 Å². The number of aliphatic hydroxyl groups excluding tert-OH is 1. The third kappa shape index (κ3) is 4.64. The van der Waals surface area contributed by atoms with E-state index in [0.717, 1.165) is 25.7 Å². The van der Waals surface area contributed by atoms with Gasteiger partial charge in [0.1, 0.15) is 6.61 Å². The second kappa shape index (κ2) is 6.97. The van der Waals surface area contributed by atoms with Crippen LogP contribution in [0, 0.1) is 5.92 Å². The summed E-state index contributed by atoms with van der Waals surface area (Å²) in [6.45, 7) is 4.91. The Balaban J connectivity index is 2.42. The Bertz CT molecular complexity index is 245. The lowest BCUT2D eigenvalue weighted by Gasteiger charge is -2.39. The molecule has 0 spiro atoms. The minimum absolute atomic E-state index is 0.0247. The average Bonchev–Trinajstić information content (AvgIpc) is 2.29. The second-order valence-electron chi connectivity index (χ2n) is 5.24. The van der Waals surface area contributed by atoms with Crippen LogP contribution in [0.3, 0.4) is 0 Å². The summed E-state index contributed by atoms with van der Waals surface area (Å²) in [6.07, 6.45) is 4.90. The molecule has 4 nitrogen and oxygen atoms in total. The maximum Gasteiger partial charge on any atom is 0.246 e. The molecule has 1 aliphatic rings. The Labute approximate surface area is 104 Å². The number of hydrogen-bond donors (Lipinski definition) is 2. The highest BCUT2D eigenvalue weighted by Crippen LogP contribution is 2.31. The van der Waals surface area contributed by atoms with E-state index >= 15 is 0 Å². The first kappa shape index (κ1) is 14.5. The van der Waals surface area contributed by atoms with Crippen LogP contribution < -0.4 is 5.32 Å². The van der Waals surface area contributed by atoms with Crippen LogP contribution in [0.5, 0.6) is 0 Å². The average molecular weight is 243 g/mol. The molecule has 0 saturated heterocycles. The predicted molar refractivity (Wildman–Crippen MR) is 66.7 cm³/mol. The molecule has 1 amide bonds. The summed E-state index contributed by atoms with van der Waals surface area (Å²) >= 11 is 0. The third-order valence-corrected chi connectivity index (χ3v) is 3.38. The molecule has 0 bridgehead atoms. The molecular formula is C13H25NO3. The molecule has 1 saturated carbocycles. The second-order valence-corrected chi connectivity index (χ2v) is 5.24. The Morgan fingerprint density at radius 1 is 1.59 bits per heavy atom. The Hall–Kier alpha value is -0.610. The first-order valence-corrected chi connectivity index (χ1v) is 6.61. The van der Waals surface area contributed by atoms with Gasteiger partial charge in [-0.25, -0.2) is 0 Å². The van der Waals surface area contributed by atoms with Crippen molar-refractivity contribution in [2.24, 2.45) is 5.92 Å². The fourth-order valence-corrected chi connectivity index (χ4v) is 2.60. The molecular weight excluding hydrogens is 218 g/mol. The van der Waals surface area contributed by atoms with Gasteiger partial charge in [-0.3, -0.25) is 4.79 Å². The van der Waals surface area contributed by atoms with Crippen LogP contribution in [0.2, 0.25) is 0 Å². The summed E-state index contributed by atoms with van der Waals surface area (Å²) in [5.74, 6) is 0.453. The summed E-state index contributed by atoms with van der Waals surface area (Å²) in [6, 6.07) is 0. The number of carbonyl (C=O) groups is 1. The molecule has 17 heavy (non-hydrogen) atoms. The van der Waals surface area contributed by atoms with E-state index in [4.69, 9.17) is 4.74 Å². The number of carbonyl (C=O) groups excluding carboxylic acids is 1. The third-order valence-electron chi connectivity index (χ3n) is 3.38. The first-order valence-electron chi connectivity index (χ1n) is 6.61. The summed E-state index contributed by atoms with van der Waals surface area (Å²) < 4.78 is 5.21. The van der Waals surface area contributed by atoms with Crippen molar-refractivity contribution in [3.8, 4) is 0 Å². The molecule has 0 heterocycles. The van der Waals surface area contributed by atoms with Crippen LogP contribution in [0.4, 0.5) is 0 Å². The SMILES string of the molecule is CCCOCC(=O)NC1(CO)CCCC(C)C1. The number of rotatable bonds is 6. The Kier molecular flexibility index (Phi) is 5.92. The lowest BCUT2D eigenvalue weighted by molar-refractivity contribution is -0.129. The zero-order valence-electron chi connectivity index (χ0n) is 11.0. The van der Waals surface area contributed by atoms with Gasteiger partial charge in [-0.05, 0) is 25.2 Å². The van der Waals surface area contributed by atoms with E-state index in [1.807, 2.05) is 6.92 Å². The molecule has 1 rings (SSSR count). The van der Waals surface area contributed by atoms with Gasteiger partial charge < -0.3 is 15.2 Å². The Morgan fingerprint density at radius 3 is 2.94 bits per heavy atom. The van der Waals surface area contributed by atoms with Crippen LogP contribution in [0.25, 0.3) is 0 Å². The van der Waals surface area contributed by atoms with Gasteiger partial charge in [0.05, 0.1) is 12.1 Å². The van der Waals surface area contributed by atoms with Crippen LogP contribution in [0.15, 0.2) is 0 Å². The van der Waals surface area contributed by atoms with Crippen molar-refractivity contribution in [2.75, 3.05) is 19.8 Å². The zero-order valence-corrected chi connectivity index (χ0v) is 11.0. The highest BCUT2D eigenvalue weighted by molar-refractivity contribution is 5.78.